The van der Waals surface area contributed by atoms with Crippen molar-refractivity contribution >= 4 is 16.9 Å². The minimum absolute atomic E-state index is 0.0274. The lowest BCUT2D eigenvalue weighted by molar-refractivity contribution is 0.192. The summed E-state index contributed by atoms with van der Waals surface area (Å²) in [5.41, 5.74) is 2.26. The number of aromatic nitrogens is 2. The molecule has 1 atom stereocenters. The second kappa shape index (κ2) is 8.67. The fourth-order valence-corrected chi connectivity index (χ4v) is 3.98. The van der Waals surface area contributed by atoms with E-state index in [0.717, 1.165) is 19.3 Å². The third kappa shape index (κ3) is 4.05. The Morgan fingerprint density at radius 1 is 1.13 bits per heavy atom. The largest absolute Gasteiger partial charge is 0.493 e. The van der Waals surface area contributed by atoms with Crippen LogP contribution in [0.4, 0.5) is 4.79 Å². The summed E-state index contributed by atoms with van der Waals surface area (Å²) >= 11 is 0. The molecule has 31 heavy (non-hydrogen) atoms. The van der Waals surface area contributed by atoms with Crippen LogP contribution in [-0.4, -0.2) is 36.1 Å². The first-order valence-corrected chi connectivity index (χ1v) is 10.3. The topological polar surface area (TPSA) is 91.7 Å². The van der Waals surface area contributed by atoms with Crippen LogP contribution in [0.3, 0.4) is 0 Å². The Bertz CT molecular complexity index is 1190. The van der Waals surface area contributed by atoms with Crippen LogP contribution in [0.5, 0.6) is 17.4 Å². The molecule has 162 valence electrons. The molecule has 2 aromatic carbocycles. The first kappa shape index (κ1) is 20.7. The molecule has 0 radical (unpaired) electrons. The third-order valence-corrected chi connectivity index (χ3v) is 5.59. The molecule has 0 fully saturated rings. The first-order valence-electron chi connectivity index (χ1n) is 10.3. The number of ether oxygens (including phenoxy) is 3. The van der Waals surface area contributed by atoms with Gasteiger partial charge in [-0.3, -0.25) is 4.79 Å². The van der Waals surface area contributed by atoms with E-state index in [-0.39, 0.29) is 17.5 Å². The SMILES string of the molecule is CCn1nc(OC(=O)NC2CCc3ccccc3C2)c2cc(OC)c(OC)cc2c1=O. The fourth-order valence-electron chi connectivity index (χ4n) is 3.98. The smallest absolute Gasteiger partial charge is 0.414 e. The van der Waals surface area contributed by atoms with Gasteiger partial charge in [0.05, 0.1) is 25.0 Å². The van der Waals surface area contributed by atoms with Crippen LogP contribution in [-0.2, 0) is 19.4 Å². The third-order valence-electron chi connectivity index (χ3n) is 5.59. The monoisotopic (exact) mass is 423 g/mol. The number of rotatable bonds is 5. The van der Waals surface area contributed by atoms with E-state index in [9.17, 15) is 9.59 Å². The minimum atomic E-state index is -0.603. The van der Waals surface area contributed by atoms with Gasteiger partial charge in [0.15, 0.2) is 11.5 Å². The number of methoxy groups -OCH3 is 2. The summed E-state index contributed by atoms with van der Waals surface area (Å²) in [6, 6.07) is 11.4. The highest BCUT2D eigenvalue weighted by Gasteiger charge is 2.23. The number of amides is 1. The standard InChI is InChI=1S/C23H25N3O5/c1-4-26-22(27)18-13-20(30-3)19(29-2)12-17(18)21(25-26)31-23(28)24-16-10-9-14-7-5-6-8-15(14)11-16/h5-8,12-13,16H,4,9-11H2,1-3H3,(H,24,28). The molecule has 1 heterocycles. The lowest BCUT2D eigenvalue weighted by atomic mass is 9.88. The molecule has 0 bridgehead atoms. The summed E-state index contributed by atoms with van der Waals surface area (Å²) in [5.74, 6) is 0.878. The minimum Gasteiger partial charge on any atom is -0.493 e. The molecule has 1 aromatic heterocycles. The van der Waals surface area contributed by atoms with Crippen LogP contribution in [0.15, 0.2) is 41.2 Å². The summed E-state index contributed by atoms with van der Waals surface area (Å²) in [4.78, 5) is 25.4. The predicted octanol–water partition coefficient (Wildman–Crippen LogP) is 3.08. The zero-order valence-electron chi connectivity index (χ0n) is 17.8. The predicted molar refractivity (Wildman–Crippen MR) is 116 cm³/mol. The van der Waals surface area contributed by atoms with Crippen molar-refractivity contribution in [2.24, 2.45) is 0 Å². The number of fused-ring (bicyclic) bond motifs is 2. The summed E-state index contributed by atoms with van der Waals surface area (Å²) < 4.78 is 17.5. The summed E-state index contributed by atoms with van der Waals surface area (Å²) in [5, 5.41) is 7.90. The van der Waals surface area contributed by atoms with Gasteiger partial charge in [0, 0.05) is 12.6 Å². The molecule has 0 saturated heterocycles. The molecular formula is C23H25N3O5. The molecule has 0 spiro atoms. The normalized spacial score (nSPS) is 15.3. The van der Waals surface area contributed by atoms with Gasteiger partial charge in [0.25, 0.3) is 5.56 Å². The lowest BCUT2D eigenvalue weighted by Crippen LogP contribution is -2.40. The Balaban J connectivity index is 1.62. The van der Waals surface area contributed by atoms with E-state index in [4.69, 9.17) is 14.2 Å². The lowest BCUT2D eigenvalue weighted by Gasteiger charge is -2.25. The van der Waals surface area contributed by atoms with Gasteiger partial charge >= 0.3 is 6.09 Å². The first-order chi connectivity index (χ1) is 15.0. The molecule has 0 saturated carbocycles. The highest BCUT2D eigenvalue weighted by molar-refractivity contribution is 5.90. The molecular weight excluding hydrogens is 398 g/mol. The molecule has 8 heteroatoms. The molecule has 3 aromatic rings. The average Bonchev–Trinajstić information content (AvgIpc) is 2.79. The number of nitrogens with zero attached hydrogens (tertiary/aromatic N) is 2. The van der Waals surface area contributed by atoms with Crippen molar-refractivity contribution < 1.29 is 19.0 Å². The van der Waals surface area contributed by atoms with Gasteiger partial charge in [-0.1, -0.05) is 24.3 Å². The van der Waals surface area contributed by atoms with Crippen molar-refractivity contribution in [3.05, 3.63) is 57.9 Å². The fraction of sp³-hybridized carbons (Fsp3) is 0.348. The maximum atomic E-state index is 12.7. The Labute approximate surface area is 179 Å². The Morgan fingerprint density at radius 3 is 2.48 bits per heavy atom. The van der Waals surface area contributed by atoms with Gasteiger partial charge < -0.3 is 19.5 Å². The molecule has 8 nitrogen and oxygen atoms in total. The molecule has 4 rings (SSSR count). The Morgan fingerprint density at radius 2 is 1.81 bits per heavy atom. The molecule has 1 aliphatic rings. The van der Waals surface area contributed by atoms with Crippen molar-refractivity contribution in [2.75, 3.05) is 14.2 Å². The van der Waals surface area contributed by atoms with Crippen molar-refractivity contribution in [1.82, 2.24) is 15.1 Å². The number of aryl methyl sites for hydroxylation is 2. The maximum Gasteiger partial charge on any atom is 0.414 e. The highest BCUT2D eigenvalue weighted by Crippen LogP contribution is 2.34. The number of carbonyl (C=O) groups is 1. The van der Waals surface area contributed by atoms with Crippen molar-refractivity contribution in [3.63, 3.8) is 0 Å². The molecule has 0 aliphatic heterocycles. The second-order valence-corrected chi connectivity index (χ2v) is 7.42. The number of hydrogen-bond acceptors (Lipinski definition) is 6. The molecule has 1 aliphatic carbocycles. The van der Waals surface area contributed by atoms with Gasteiger partial charge in [-0.05, 0) is 49.4 Å². The second-order valence-electron chi connectivity index (χ2n) is 7.42. The zero-order valence-corrected chi connectivity index (χ0v) is 17.8. The van der Waals surface area contributed by atoms with Crippen molar-refractivity contribution in [1.29, 1.82) is 0 Å². The van der Waals surface area contributed by atoms with Crippen LogP contribution in [0.2, 0.25) is 0 Å². The van der Waals surface area contributed by atoms with Gasteiger partial charge in [-0.2, -0.15) is 0 Å². The summed E-state index contributed by atoms with van der Waals surface area (Å²) in [6.45, 7) is 2.13. The van der Waals surface area contributed by atoms with Crippen molar-refractivity contribution in [3.8, 4) is 17.4 Å². The van der Waals surface area contributed by atoms with Crippen LogP contribution in [0, 0.1) is 0 Å². The summed E-state index contributed by atoms with van der Waals surface area (Å²) in [6.07, 6.45) is 1.88. The molecule has 1 unspecified atom stereocenters. The van der Waals surface area contributed by atoms with E-state index in [1.165, 1.54) is 30.0 Å². The Kier molecular flexibility index (Phi) is 5.79. The maximum absolute atomic E-state index is 12.7. The van der Waals surface area contributed by atoms with E-state index in [1.54, 1.807) is 19.1 Å². The van der Waals surface area contributed by atoms with E-state index in [2.05, 4.69) is 22.5 Å². The number of hydrogen-bond donors (Lipinski definition) is 1. The average molecular weight is 423 g/mol. The number of benzene rings is 2. The van der Waals surface area contributed by atoms with E-state index < -0.39 is 6.09 Å². The van der Waals surface area contributed by atoms with Crippen LogP contribution >= 0.6 is 0 Å². The zero-order chi connectivity index (χ0) is 22.0. The molecule has 1 amide bonds. The van der Waals surface area contributed by atoms with Crippen LogP contribution in [0.1, 0.15) is 24.5 Å². The van der Waals surface area contributed by atoms with Gasteiger partial charge in [0.1, 0.15) is 0 Å². The number of nitrogens with one attached hydrogen (secondary N) is 1. The highest BCUT2D eigenvalue weighted by atomic mass is 16.6. The van der Waals surface area contributed by atoms with Gasteiger partial charge in [-0.15, -0.1) is 5.10 Å². The van der Waals surface area contributed by atoms with Gasteiger partial charge in [0.2, 0.25) is 5.88 Å². The van der Waals surface area contributed by atoms with E-state index in [0.29, 0.717) is 28.8 Å². The van der Waals surface area contributed by atoms with Crippen LogP contribution in [0.25, 0.3) is 10.8 Å². The van der Waals surface area contributed by atoms with Crippen molar-refractivity contribution in [2.45, 2.75) is 38.8 Å². The van der Waals surface area contributed by atoms with E-state index >= 15 is 0 Å². The van der Waals surface area contributed by atoms with Gasteiger partial charge in [-0.25, -0.2) is 9.48 Å². The quantitative estimate of drug-likeness (QED) is 0.678. The van der Waals surface area contributed by atoms with E-state index in [1.807, 2.05) is 12.1 Å². The van der Waals surface area contributed by atoms with Crippen LogP contribution < -0.4 is 25.1 Å². The summed E-state index contributed by atoms with van der Waals surface area (Å²) in [7, 11) is 2.99. The molecule has 1 N–H and O–H groups in total. The number of carbonyl (C=O) groups excluding carboxylic acids is 1. The Hall–Kier alpha value is -3.55.